The third-order valence-electron chi connectivity index (χ3n) is 3.70. The average molecular weight is 248 g/mol. The summed E-state index contributed by atoms with van der Waals surface area (Å²) in [6.07, 6.45) is 0. The summed E-state index contributed by atoms with van der Waals surface area (Å²) >= 11 is 0. The Kier molecular flexibility index (Phi) is 3.97. The second-order valence-corrected chi connectivity index (χ2v) is 5.22. The molecule has 98 valence electrons. The first kappa shape index (κ1) is 13.0. The van der Waals surface area contributed by atoms with Gasteiger partial charge in [0.05, 0.1) is 0 Å². The number of anilines is 1. The van der Waals surface area contributed by atoms with Crippen molar-refractivity contribution >= 4 is 11.4 Å². The molecule has 4 heteroatoms. The molecular weight excluding hydrogens is 226 g/mol. The van der Waals surface area contributed by atoms with Crippen molar-refractivity contribution in [2.75, 3.05) is 31.1 Å². The van der Waals surface area contributed by atoms with Crippen LogP contribution in [0.2, 0.25) is 0 Å². The molecule has 1 aliphatic rings. The monoisotopic (exact) mass is 248 g/mol. The van der Waals surface area contributed by atoms with Gasteiger partial charge in [-0.05, 0) is 32.4 Å². The highest BCUT2D eigenvalue weighted by Crippen LogP contribution is 2.23. The van der Waals surface area contributed by atoms with E-state index in [1.807, 2.05) is 23.4 Å². The van der Waals surface area contributed by atoms with Gasteiger partial charge in [0.25, 0.3) is 5.69 Å². The number of nitrogens with zero attached hydrogens (tertiary/aromatic N) is 2. The van der Waals surface area contributed by atoms with E-state index >= 15 is 0 Å². The van der Waals surface area contributed by atoms with Crippen molar-refractivity contribution < 1.29 is 5.18 Å². The number of nitrogens with one attached hydrogen (secondary N) is 1. The fraction of sp³-hybridized carbons (Fsp3) is 0.571. The smallest absolute Gasteiger partial charge is 0.253 e. The Bertz CT molecular complexity index is 423. The topological polar surface area (TPSA) is 37.5 Å². The van der Waals surface area contributed by atoms with Crippen molar-refractivity contribution in [1.29, 1.82) is 0 Å². The predicted molar refractivity (Wildman–Crippen MR) is 74.1 cm³/mol. The van der Waals surface area contributed by atoms with Gasteiger partial charge < -0.3 is 4.90 Å². The highest BCUT2D eigenvalue weighted by atomic mass is 16.3. The molecule has 1 heterocycles. The van der Waals surface area contributed by atoms with E-state index in [1.54, 1.807) is 0 Å². The van der Waals surface area contributed by atoms with E-state index in [9.17, 15) is 4.91 Å². The normalized spacial score (nSPS) is 17.2. The lowest BCUT2D eigenvalue weighted by Gasteiger charge is -2.38. The van der Waals surface area contributed by atoms with E-state index in [2.05, 4.69) is 30.6 Å². The first-order valence-corrected chi connectivity index (χ1v) is 6.59. The number of hydrogen-bond donors (Lipinski definition) is 1. The number of benzene rings is 1. The molecule has 0 amide bonds. The second-order valence-electron chi connectivity index (χ2n) is 5.22. The molecule has 1 aromatic rings. The Morgan fingerprint density at radius 1 is 1.17 bits per heavy atom. The molecule has 0 spiro atoms. The average Bonchev–Trinajstić information content (AvgIpc) is 2.38. The van der Waals surface area contributed by atoms with E-state index in [0.717, 1.165) is 31.7 Å². The predicted octanol–water partition coefficient (Wildman–Crippen LogP) is 1.00. The van der Waals surface area contributed by atoms with Gasteiger partial charge in [-0.1, -0.05) is 0 Å². The SMILES string of the molecule is Cc1cc([NH+]=O)ccc1N1CCN(C(C)C)CC1. The molecule has 2 rings (SSSR count). The van der Waals surface area contributed by atoms with Crippen LogP contribution in [0.1, 0.15) is 19.4 Å². The highest BCUT2D eigenvalue weighted by molar-refractivity contribution is 5.57. The van der Waals surface area contributed by atoms with Gasteiger partial charge >= 0.3 is 0 Å². The van der Waals surface area contributed by atoms with Crippen LogP contribution in [-0.2, 0) is 0 Å². The van der Waals surface area contributed by atoms with E-state index in [-0.39, 0.29) is 0 Å². The maximum atomic E-state index is 10.6. The van der Waals surface area contributed by atoms with Crippen LogP contribution in [0.4, 0.5) is 11.4 Å². The molecule has 1 N–H and O–H groups in total. The van der Waals surface area contributed by atoms with Gasteiger partial charge in [-0.25, -0.2) is 0 Å². The minimum absolute atomic E-state index is 0.625. The van der Waals surface area contributed by atoms with E-state index < -0.39 is 0 Å². The Hall–Kier alpha value is -1.42. The van der Waals surface area contributed by atoms with Crippen LogP contribution >= 0.6 is 0 Å². The molecule has 4 nitrogen and oxygen atoms in total. The maximum Gasteiger partial charge on any atom is 0.253 e. The summed E-state index contributed by atoms with van der Waals surface area (Å²) in [5, 5.41) is 1.94. The molecule has 0 atom stereocenters. The number of hydrogen-bond acceptors (Lipinski definition) is 3. The van der Waals surface area contributed by atoms with Gasteiger partial charge in [0.2, 0.25) is 0 Å². The molecule has 1 aliphatic heterocycles. The first-order valence-electron chi connectivity index (χ1n) is 6.59. The fourth-order valence-corrected chi connectivity index (χ4v) is 2.55. The summed E-state index contributed by atoms with van der Waals surface area (Å²) in [4.78, 5) is 15.5. The zero-order chi connectivity index (χ0) is 13.1. The third kappa shape index (κ3) is 2.70. The van der Waals surface area contributed by atoms with Crippen LogP contribution in [0.25, 0.3) is 0 Å². The van der Waals surface area contributed by atoms with Gasteiger partial charge in [-0.3, -0.25) is 4.90 Å². The molecule has 0 bridgehead atoms. The molecule has 0 radical (unpaired) electrons. The number of nitroso groups, excluding NO2 is 1. The molecule has 1 saturated heterocycles. The van der Waals surface area contributed by atoms with E-state index in [4.69, 9.17) is 0 Å². The van der Waals surface area contributed by atoms with Crippen molar-refractivity contribution in [1.82, 2.24) is 4.90 Å². The molecule has 1 fully saturated rings. The Morgan fingerprint density at radius 2 is 1.83 bits per heavy atom. The van der Waals surface area contributed by atoms with Gasteiger partial charge in [0, 0.05) is 60.1 Å². The van der Waals surface area contributed by atoms with Crippen LogP contribution in [-0.4, -0.2) is 37.1 Å². The summed E-state index contributed by atoms with van der Waals surface area (Å²) in [5.74, 6) is 0. The van der Waals surface area contributed by atoms with Gasteiger partial charge in [-0.2, -0.15) is 0 Å². The zero-order valence-electron chi connectivity index (χ0n) is 11.4. The maximum absolute atomic E-state index is 10.6. The summed E-state index contributed by atoms with van der Waals surface area (Å²) in [5.41, 5.74) is 3.04. The van der Waals surface area contributed by atoms with Crippen LogP contribution in [0.5, 0.6) is 0 Å². The molecule has 0 aromatic heterocycles. The number of piperazine rings is 1. The van der Waals surface area contributed by atoms with Gasteiger partial charge in [0.15, 0.2) is 0 Å². The van der Waals surface area contributed by atoms with Crippen molar-refractivity contribution in [3.63, 3.8) is 0 Å². The molecule has 0 saturated carbocycles. The van der Waals surface area contributed by atoms with E-state index in [1.165, 1.54) is 5.69 Å². The summed E-state index contributed by atoms with van der Waals surface area (Å²) in [6, 6.07) is 6.43. The third-order valence-corrected chi connectivity index (χ3v) is 3.70. The minimum atomic E-state index is 0.625. The quantitative estimate of drug-likeness (QED) is 0.867. The van der Waals surface area contributed by atoms with Crippen molar-refractivity contribution in [3.8, 4) is 0 Å². The summed E-state index contributed by atoms with van der Waals surface area (Å²) in [6.45, 7) is 10.9. The molecule has 18 heavy (non-hydrogen) atoms. The minimum Gasteiger partial charge on any atom is -0.369 e. The standard InChI is InChI=1S/C14H21N3O/c1-11(2)16-6-8-17(9-7-16)14-5-4-13(15-18)10-12(14)3/h4-5,10-11H,6-9H2,1-3H3/p+1. The number of rotatable bonds is 3. The van der Waals surface area contributed by atoms with Crippen molar-refractivity contribution in [2.45, 2.75) is 26.8 Å². The number of aryl methyl sites for hydroxylation is 1. The molecule has 0 unspecified atom stereocenters. The van der Waals surface area contributed by atoms with Crippen LogP contribution in [0.3, 0.4) is 0 Å². The second kappa shape index (κ2) is 5.48. The first-order chi connectivity index (χ1) is 8.61. The molecule has 1 aromatic carbocycles. The lowest BCUT2D eigenvalue weighted by atomic mass is 10.1. The molecule has 0 aliphatic carbocycles. The van der Waals surface area contributed by atoms with Gasteiger partial charge in [0.1, 0.15) is 0 Å². The van der Waals surface area contributed by atoms with Crippen molar-refractivity contribution in [2.24, 2.45) is 0 Å². The Labute approximate surface area is 109 Å². The fourth-order valence-electron chi connectivity index (χ4n) is 2.55. The van der Waals surface area contributed by atoms with Crippen LogP contribution in [0, 0.1) is 11.8 Å². The molecular formula is C14H22N3O+. The summed E-state index contributed by atoms with van der Waals surface area (Å²) < 4.78 is 0. The lowest BCUT2D eigenvalue weighted by molar-refractivity contribution is -0.379. The van der Waals surface area contributed by atoms with Gasteiger partial charge in [-0.15, -0.1) is 0 Å². The summed E-state index contributed by atoms with van der Waals surface area (Å²) in [7, 11) is 0. The van der Waals surface area contributed by atoms with Crippen LogP contribution < -0.4 is 10.1 Å². The largest absolute Gasteiger partial charge is 0.369 e. The van der Waals surface area contributed by atoms with E-state index in [0.29, 0.717) is 11.7 Å². The highest BCUT2D eigenvalue weighted by Gasteiger charge is 2.20. The van der Waals surface area contributed by atoms with Crippen molar-refractivity contribution in [3.05, 3.63) is 28.7 Å². The lowest BCUT2D eigenvalue weighted by Crippen LogP contribution is -2.55. The van der Waals surface area contributed by atoms with Crippen LogP contribution in [0.15, 0.2) is 18.2 Å². The Balaban J connectivity index is 2.07. The Morgan fingerprint density at radius 3 is 2.33 bits per heavy atom. The zero-order valence-corrected chi connectivity index (χ0v) is 11.4.